The van der Waals surface area contributed by atoms with Crippen LogP contribution in [-0.4, -0.2) is 36.2 Å². The number of halogens is 2. The van der Waals surface area contributed by atoms with Crippen LogP contribution >= 0.6 is 23.2 Å². The second kappa shape index (κ2) is 7.63. The molecular formula is C17H24Cl2N2O2. The summed E-state index contributed by atoms with van der Waals surface area (Å²) in [4.78, 5) is 13.8. The first kappa shape index (κ1) is 18.2. The number of hydrogen-bond donors (Lipinski definition) is 1. The van der Waals surface area contributed by atoms with Crippen LogP contribution in [0.2, 0.25) is 10.0 Å². The van der Waals surface area contributed by atoms with E-state index in [1.807, 2.05) is 32.9 Å². The smallest absolute Gasteiger partial charge is 0.410 e. The van der Waals surface area contributed by atoms with Crippen LogP contribution in [0.1, 0.15) is 33.6 Å². The summed E-state index contributed by atoms with van der Waals surface area (Å²) in [6.45, 7) is 8.00. The van der Waals surface area contributed by atoms with E-state index in [1.54, 1.807) is 11.0 Å². The average molecular weight is 359 g/mol. The maximum atomic E-state index is 12.0. The van der Waals surface area contributed by atoms with Crippen molar-refractivity contribution < 1.29 is 9.53 Å². The predicted octanol–water partition coefficient (Wildman–Crippen LogP) is 5.05. The topological polar surface area (TPSA) is 41.6 Å². The average Bonchev–Trinajstić information content (AvgIpc) is 2.47. The monoisotopic (exact) mass is 358 g/mol. The lowest BCUT2D eigenvalue weighted by atomic mass is 9.97. The van der Waals surface area contributed by atoms with Gasteiger partial charge < -0.3 is 15.0 Å². The van der Waals surface area contributed by atoms with Crippen molar-refractivity contribution in [3.8, 4) is 0 Å². The van der Waals surface area contributed by atoms with Gasteiger partial charge in [-0.2, -0.15) is 0 Å². The molecule has 0 bridgehead atoms. The molecule has 1 aliphatic rings. The summed E-state index contributed by atoms with van der Waals surface area (Å²) < 4.78 is 5.41. The van der Waals surface area contributed by atoms with Crippen molar-refractivity contribution in [2.75, 3.05) is 25.0 Å². The summed E-state index contributed by atoms with van der Waals surface area (Å²) in [7, 11) is 0. The fourth-order valence-electron chi connectivity index (χ4n) is 2.51. The zero-order valence-electron chi connectivity index (χ0n) is 13.9. The van der Waals surface area contributed by atoms with Gasteiger partial charge in [-0.1, -0.05) is 23.2 Å². The maximum Gasteiger partial charge on any atom is 0.410 e. The van der Waals surface area contributed by atoms with E-state index in [0.29, 0.717) is 16.0 Å². The van der Waals surface area contributed by atoms with Crippen LogP contribution in [-0.2, 0) is 4.74 Å². The van der Waals surface area contributed by atoms with E-state index in [2.05, 4.69) is 5.32 Å². The molecule has 0 radical (unpaired) electrons. The third kappa shape index (κ3) is 5.78. The van der Waals surface area contributed by atoms with Crippen LogP contribution in [0.15, 0.2) is 18.2 Å². The van der Waals surface area contributed by atoms with Crippen molar-refractivity contribution >= 4 is 35.0 Å². The van der Waals surface area contributed by atoms with Gasteiger partial charge in [0.1, 0.15) is 5.60 Å². The van der Waals surface area contributed by atoms with Crippen molar-refractivity contribution in [3.05, 3.63) is 28.2 Å². The largest absolute Gasteiger partial charge is 0.444 e. The number of carbonyl (C=O) groups excluding carboxylic acids is 1. The zero-order chi connectivity index (χ0) is 17.0. The molecule has 0 atom stereocenters. The van der Waals surface area contributed by atoms with Gasteiger partial charge in [-0.15, -0.1) is 0 Å². The van der Waals surface area contributed by atoms with Gasteiger partial charge in [0.25, 0.3) is 0 Å². The minimum absolute atomic E-state index is 0.214. The molecule has 128 valence electrons. The summed E-state index contributed by atoms with van der Waals surface area (Å²) in [5.41, 5.74) is 0.526. The highest BCUT2D eigenvalue weighted by Crippen LogP contribution is 2.26. The van der Waals surface area contributed by atoms with Gasteiger partial charge in [-0.05, 0) is 57.7 Å². The summed E-state index contributed by atoms with van der Waals surface area (Å²) in [6, 6.07) is 5.54. The Kier molecular flexibility index (Phi) is 6.04. The normalized spacial score (nSPS) is 16.3. The lowest BCUT2D eigenvalue weighted by Gasteiger charge is -2.33. The Labute approximate surface area is 148 Å². The molecule has 0 unspecified atom stereocenters. The molecule has 6 heteroatoms. The van der Waals surface area contributed by atoms with E-state index in [0.717, 1.165) is 38.2 Å². The van der Waals surface area contributed by atoms with Gasteiger partial charge in [0.05, 0.1) is 10.0 Å². The highest BCUT2D eigenvalue weighted by Gasteiger charge is 2.26. The van der Waals surface area contributed by atoms with Crippen molar-refractivity contribution in [1.29, 1.82) is 0 Å². The van der Waals surface area contributed by atoms with Crippen LogP contribution in [0.3, 0.4) is 0 Å². The number of likely N-dealkylation sites (tertiary alicyclic amines) is 1. The maximum absolute atomic E-state index is 12.0. The van der Waals surface area contributed by atoms with Crippen molar-refractivity contribution in [1.82, 2.24) is 4.90 Å². The number of anilines is 1. The molecule has 1 amide bonds. The van der Waals surface area contributed by atoms with Gasteiger partial charge in [0, 0.05) is 25.3 Å². The molecule has 1 heterocycles. The fourth-order valence-corrected chi connectivity index (χ4v) is 2.81. The van der Waals surface area contributed by atoms with E-state index >= 15 is 0 Å². The molecule has 4 nitrogen and oxygen atoms in total. The molecule has 0 saturated carbocycles. The number of nitrogens with one attached hydrogen (secondary N) is 1. The first-order chi connectivity index (χ1) is 10.7. The lowest BCUT2D eigenvalue weighted by molar-refractivity contribution is 0.0188. The standard InChI is InChI=1S/C17H24Cl2N2O2/c1-17(2,3)23-16(22)21-8-6-12(7-9-21)11-20-13-4-5-14(18)15(19)10-13/h4-5,10,12,20H,6-9,11H2,1-3H3. The van der Waals surface area contributed by atoms with E-state index in [-0.39, 0.29) is 6.09 Å². The molecular weight excluding hydrogens is 335 g/mol. The minimum atomic E-state index is -0.441. The SMILES string of the molecule is CC(C)(C)OC(=O)N1CCC(CNc2ccc(Cl)c(Cl)c2)CC1. The van der Waals surface area contributed by atoms with Gasteiger partial charge in [-0.3, -0.25) is 0 Å². The van der Waals surface area contributed by atoms with Crippen LogP contribution in [0.5, 0.6) is 0 Å². The Bertz CT molecular complexity index is 550. The van der Waals surface area contributed by atoms with E-state index in [9.17, 15) is 4.79 Å². The Hall–Kier alpha value is -1.13. The molecule has 1 N–H and O–H groups in total. The Morgan fingerprint density at radius 1 is 1.26 bits per heavy atom. The van der Waals surface area contributed by atoms with Crippen LogP contribution in [0.4, 0.5) is 10.5 Å². The van der Waals surface area contributed by atoms with Gasteiger partial charge >= 0.3 is 6.09 Å². The Balaban J connectivity index is 1.76. The fraction of sp³-hybridized carbons (Fsp3) is 0.588. The molecule has 1 aromatic rings. The molecule has 0 aliphatic carbocycles. The lowest BCUT2D eigenvalue weighted by Crippen LogP contribution is -2.42. The molecule has 1 fully saturated rings. The van der Waals surface area contributed by atoms with Crippen LogP contribution in [0, 0.1) is 5.92 Å². The van der Waals surface area contributed by atoms with Gasteiger partial charge in [-0.25, -0.2) is 4.79 Å². The van der Waals surface area contributed by atoms with Gasteiger partial charge in [0.15, 0.2) is 0 Å². The molecule has 1 aliphatic heterocycles. The van der Waals surface area contributed by atoms with Crippen molar-refractivity contribution in [3.63, 3.8) is 0 Å². The number of ether oxygens (including phenoxy) is 1. The highest BCUT2D eigenvalue weighted by atomic mass is 35.5. The van der Waals surface area contributed by atoms with Gasteiger partial charge in [0.2, 0.25) is 0 Å². The quantitative estimate of drug-likeness (QED) is 0.821. The second-order valence-electron chi connectivity index (χ2n) is 6.92. The summed E-state index contributed by atoms with van der Waals surface area (Å²) in [5, 5.41) is 4.50. The Morgan fingerprint density at radius 2 is 1.91 bits per heavy atom. The van der Waals surface area contributed by atoms with Crippen LogP contribution in [0.25, 0.3) is 0 Å². The molecule has 1 aromatic carbocycles. The minimum Gasteiger partial charge on any atom is -0.444 e. The van der Waals surface area contributed by atoms with E-state index < -0.39 is 5.60 Å². The molecule has 2 rings (SSSR count). The van der Waals surface area contributed by atoms with E-state index in [4.69, 9.17) is 27.9 Å². The number of amides is 1. The Morgan fingerprint density at radius 3 is 2.48 bits per heavy atom. The number of piperidine rings is 1. The predicted molar refractivity (Wildman–Crippen MR) is 95.5 cm³/mol. The molecule has 0 aromatic heterocycles. The molecule has 1 saturated heterocycles. The number of carbonyl (C=O) groups is 1. The summed E-state index contributed by atoms with van der Waals surface area (Å²) >= 11 is 11.9. The summed E-state index contributed by atoms with van der Waals surface area (Å²) in [6.07, 6.45) is 1.72. The number of benzene rings is 1. The first-order valence-electron chi connectivity index (χ1n) is 7.91. The third-order valence-corrected chi connectivity index (χ3v) is 4.52. The second-order valence-corrected chi connectivity index (χ2v) is 7.73. The highest BCUT2D eigenvalue weighted by molar-refractivity contribution is 6.42. The van der Waals surface area contributed by atoms with Crippen molar-refractivity contribution in [2.45, 2.75) is 39.2 Å². The number of rotatable bonds is 3. The first-order valence-corrected chi connectivity index (χ1v) is 8.67. The molecule has 23 heavy (non-hydrogen) atoms. The van der Waals surface area contributed by atoms with E-state index in [1.165, 1.54) is 0 Å². The van der Waals surface area contributed by atoms with Crippen molar-refractivity contribution in [2.24, 2.45) is 5.92 Å². The molecule has 0 spiro atoms. The zero-order valence-corrected chi connectivity index (χ0v) is 15.4. The third-order valence-electron chi connectivity index (χ3n) is 3.78. The summed E-state index contributed by atoms with van der Waals surface area (Å²) in [5.74, 6) is 0.531. The van der Waals surface area contributed by atoms with Crippen LogP contribution < -0.4 is 5.32 Å². The number of hydrogen-bond acceptors (Lipinski definition) is 3. The number of nitrogens with zero attached hydrogens (tertiary/aromatic N) is 1.